The summed E-state index contributed by atoms with van der Waals surface area (Å²) in [6.07, 6.45) is 2.47. The number of aldehydes is 1. The number of hydrogen-bond donors (Lipinski definition) is 0. The van der Waals surface area contributed by atoms with E-state index >= 15 is 0 Å². The molecule has 1 aromatic carbocycles. The van der Waals surface area contributed by atoms with Crippen LogP contribution in [0.4, 0.5) is 5.69 Å². The number of ether oxygens (including phenoxy) is 1. The average molecular weight is 327 g/mol. The molecule has 0 saturated carbocycles. The second kappa shape index (κ2) is 4.92. The van der Waals surface area contributed by atoms with E-state index in [4.69, 9.17) is 4.74 Å². The third-order valence-corrected chi connectivity index (χ3v) is 4.92. The van der Waals surface area contributed by atoms with Gasteiger partial charge in [-0.05, 0) is 25.1 Å². The summed E-state index contributed by atoms with van der Waals surface area (Å²) in [5, 5.41) is 0. The molecule has 0 fully saturated rings. The number of amides is 1. The highest BCUT2D eigenvalue weighted by atomic mass is 32.1. The van der Waals surface area contributed by atoms with E-state index < -0.39 is 0 Å². The molecule has 0 aliphatic carbocycles. The van der Waals surface area contributed by atoms with Crippen molar-refractivity contribution in [3.05, 3.63) is 35.0 Å². The molecule has 4 rings (SSSR count). The van der Waals surface area contributed by atoms with Gasteiger partial charge in [-0.3, -0.25) is 14.0 Å². The number of carbonyl (C=O) groups excluding carboxylic acids is 2. The van der Waals surface area contributed by atoms with Crippen LogP contribution >= 0.6 is 11.3 Å². The van der Waals surface area contributed by atoms with E-state index in [0.717, 1.165) is 33.1 Å². The predicted octanol–water partition coefficient (Wildman–Crippen LogP) is 2.54. The van der Waals surface area contributed by atoms with Gasteiger partial charge >= 0.3 is 0 Å². The first kappa shape index (κ1) is 14.0. The van der Waals surface area contributed by atoms with Crippen molar-refractivity contribution in [2.75, 3.05) is 18.6 Å². The number of likely N-dealkylation sites (N-methyl/N-ethyl adjacent to an activating group) is 1. The van der Waals surface area contributed by atoms with Gasteiger partial charge in [0.05, 0.1) is 11.4 Å². The van der Waals surface area contributed by atoms with Gasteiger partial charge < -0.3 is 9.64 Å². The number of aromatic nitrogens is 2. The number of nitrogens with zero attached hydrogens (tertiary/aromatic N) is 3. The van der Waals surface area contributed by atoms with E-state index in [-0.39, 0.29) is 12.5 Å². The number of hydrogen-bond acceptors (Lipinski definition) is 5. The van der Waals surface area contributed by atoms with E-state index in [1.807, 2.05) is 29.5 Å². The first-order chi connectivity index (χ1) is 11.1. The molecule has 7 heteroatoms. The molecule has 0 bridgehead atoms. The Balaban J connectivity index is 1.91. The van der Waals surface area contributed by atoms with Crippen LogP contribution < -0.4 is 9.64 Å². The van der Waals surface area contributed by atoms with Crippen molar-refractivity contribution in [2.24, 2.45) is 0 Å². The summed E-state index contributed by atoms with van der Waals surface area (Å²) >= 11 is 1.53. The number of carbonyl (C=O) groups is 2. The van der Waals surface area contributed by atoms with Crippen molar-refractivity contribution < 1.29 is 14.3 Å². The molecule has 23 heavy (non-hydrogen) atoms. The number of anilines is 1. The quantitative estimate of drug-likeness (QED) is 0.679. The lowest BCUT2D eigenvalue weighted by atomic mass is 10.1. The maximum Gasteiger partial charge on any atom is 0.264 e. The maximum atomic E-state index is 11.8. The molecule has 6 nitrogen and oxygen atoms in total. The summed E-state index contributed by atoms with van der Waals surface area (Å²) in [6.45, 7) is 2.08. The zero-order valence-electron chi connectivity index (χ0n) is 12.6. The minimum Gasteiger partial charge on any atom is -0.482 e. The van der Waals surface area contributed by atoms with E-state index in [0.29, 0.717) is 11.4 Å². The van der Waals surface area contributed by atoms with Gasteiger partial charge in [0.1, 0.15) is 11.4 Å². The molecule has 2 aromatic heterocycles. The van der Waals surface area contributed by atoms with E-state index in [1.54, 1.807) is 18.1 Å². The summed E-state index contributed by atoms with van der Waals surface area (Å²) in [5.41, 5.74) is 3.08. The van der Waals surface area contributed by atoms with Crippen molar-refractivity contribution in [2.45, 2.75) is 6.92 Å². The van der Waals surface area contributed by atoms with Crippen molar-refractivity contribution in [3.63, 3.8) is 0 Å². The van der Waals surface area contributed by atoms with Crippen LogP contribution in [0.5, 0.6) is 5.75 Å². The maximum absolute atomic E-state index is 11.8. The highest BCUT2D eigenvalue weighted by Gasteiger charge is 2.23. The number of benzene rings is 1. The SMILES string of the molecule is Cc1sc2nc(C=O)cn2c1-c1ccc2c(c1)N(C)C(=O)CO2. The van der Waals surface area contributed by atoms with Crippen LogP contribution in [0.2, 0.25) is 0 Å². The molecule has 0 spiro atoms. The first-order valence-electron chi connectivity index (χ1n) is 7.06. The second-order valence-corrected chi connectivity index (χ2v) is 6.55. The molecule has 0 unspecified atom stereocenters. The lowest BCUT2D eigenvalue weighted by Crippen LogP contribution is -2.35. The number of thiazole rings is 1. The Kier molecular flexibility index (Phi) is 2.99. The lowest BCUT2D eigenvalue weighted by Gasteiger charge is -2.26. The Morgan fingerprint density at radius 2 is 2.22 bits per heavy atom. The molecular weight excluding hydrogens is 314 g/mol. The molecule has 116 valence electrons. The fourth-order valence-electron chi connectivity index (χ4n) is 2.79. The Hall–Kier alpha value is -2.67. The van der Waals surface area contributed by atoms with Crippen LogP contribution in [0.15, 0.2) is 24.4 Å². The third-order valence-electron chi connectivity index (χ3n) is 3.95. The number of fused-ring (bicyclic) bond motifs is 2. The Morgan fingerprint density at radius 1 is 1.39 bits per heavy atom. The van der Waals surface area contributed by atoms with E-state index in [2.05, 4.69) is 4.98 Å². The highest BCUT2D eigenvalue weighted by molar-refractivity contribution is 7.17. The first-order valence-corrected chi connectivity index (χ1v) is 7.87. The van der Waals surface area contributed by atoms with Gasteiger partial charge in [-0.1, -0.05) is 0 Å². The topological polar surface area (TPSA) is 63.9 Å². The van der Waals surface area contributed by atoms with Gasteiger partial charge in [-0.15, -0.1) is 11.3 Å². The van der Waals surface area contributed by atoms with Crippen LogP contribution in [-0.4, -0.2) is 35.2 Å². The molecule has 0 atom stereocenters. The van der Waals surface area contributed by atoms with Crippen LogP contribution in [0.3, 0.4) is 0 Å². The monoisotopic (exact) mass is 327 g/mol. The molecule has 0 saturated heterocycles. The standard InChI is InChI=1S/C16H13N3O3S/c1-9-15(19-6-11(7-20)17-16(19)23-9)10-3-4-13-12(5-10)18(2)14(21)8-22-13/h3-7H,8H2,1-2H3. The van der Waals surface area contributed by atoms with Crippen LogP contribution in [0.1, 0.15) is 15.4 Å². The lowest BCUT2D eigenvalue weighted by molar-refractivity contribution is -0.120. The van der Waals surface area contributed by atoms with Crippen molar-refractivity contribution in [1.82, 2.24) is 9.38 Å². The molecule has 0 N–H and O–H groups in total. The second-order valence-electron chi connectivity index (χ2n) is 5.37. The van der Waals surface area contributed by atoms with Crippen molar-refractivity contribution in [3.8, 4) is 17.0 Å². The molecule has 1 aliphatic heterocycles. The number of aryl methyl sites for hydroxylation is 1. The molecule has 1 aliphatic rings. The molecule has 1 amide bonds. The average Bonchev–Trinajstić information content (AvgIpc) is 3.07. The molecule has 0 radical (unpaired) electrons. The normalized spacial score (nSPS) is 14.0. The van der Waals surface area contributed by atoms with Crippen LogP contribution in [-0.2, 0) is 4.79 Å². The van der Waals surface area contributed by atoms with Crippen LogP contribution in [0, 0.1) is 6.92 Å². The van der Waals surface area contributed by atoms with Crippen molar-refractivity contribution >= 4 is 34.2 Å². The van der Waals surface area contributed by atoms with E-state index in [9.17, 15) is 9.59 Å². The molecule has 3 aromatic rings. The minimum absolute atomic E-state index is 0.0643. The van der Waals surface area contributed by atoms with Gasteiger partial charge in [-0.2, -0.15) is 0 Å². The molecule has 3 heterocycles. The number of imidazole rings is 1. The fourth-order valence-corrected chi connectivity index (χ4v) is 3.77. The fraction of sp³-hybridized carbons (Fsp3) is 0.188. The van der Waals surface area contributed by atoms with Gasteiger partial charge in [0, 0.05) is 23.7 Å². The van der Waals surface area contributed by atoms with E-state index in [1.165, 1.54) is 11.3 Å². The minimum atomic E-state index is -0.0762. The zero-order valence-corrected chi connectivity index (χ0v) is 13.4. The zero-order chi connectivity index (χ0) is 16.1. The Labute approximate surface area is 135 Å². The summed E-state index contributed by atoms with van der Waals surface area (Å²) < 4.78 is 7.38. The Morgan fingerprint density at radius 3 is 3.00 bits per heavy atom. The summed E-state index contributed by atoms with van der Waals surface area (Å²) in [5.74, 6) is 0.617. The van der Waals surface area contributed by atoms with Gasteiger partial charge in [0.2, 0.25) is 0 Å². The summed E-state index contributed by atoms with van der Waals surface area (Å²) in [6, 6.07) is 5.76. The van der Waals surface area contributed by atoms with Crippen molar-refractivity contribution in [1.29, 1.82) is 0 Å². The highest BCUT2D eigenvalue weighted by Crippen LogP contribution is 2.38. The van der Waals surface area contributed by atoms with Gasteiger partial charge in [-0.25, -0.2) is 4.98 Å². The Bertz CT molecular complexity index is 957. The summed E-state index contributed by atoms with van der Waals surface area (Å²) in [4.78, 5) is 30.5. The van der Waals surface area contributed by atoms with Gasteiger partial charge in [0.15, 0.2) is 17.9 Å². The third kappa shape index (κ3) is 2.04. The predicted molar refractivity (Wildman–Crippen MR) is 87.5 cm³/mol. The smallest absolute Gasteiger partial charge is 0.264 e. The number of rotatable bonds is 2. The summed E-state index contributed by atoms with van der Waals surface area (Å²) in [7, 11) is 1.74. The molecular formula is C16H13N3O3S. The largest absolute Gasteiger partial charge is 0.482 e. The van der Waals surface area contributed by atoms with Gasteiger partial charge in [0.25, 0.3) is 5.91 Å². The van der Waals surface area contributed by atoms with Crippen LogP contribution in [0.25, 0.3) is 16.2 Å².